The first-order valence-electron chi connectivity index (χ1n) is 5.64. The molecule has 0 bridgehead atoms. The minimum absolute atomic E-state index is 0.286. The molecule has 0 nitrogen and oxygen atoms in total. The molecule has 0 saturated carbocycles. The minimum Gasteiger partial charge on any atom is -0.119 e. The van der Waals surface area contributed by atoms with Gasteiger partial charge < -0.3 is 0 Å². The molecule has 0 aliphatic rings. The quantitative estimate of drug-likeness (QED) is 0.644. The molecular weight excluding hydrogens is 180 g/mol. The molecule has 1 aromatic rings. The molecule has 0 spiro atoms. The fourth-order valence-electron chi connectivity index (χ4n) is 2.05. The summed E-state index contributed by atoms with van der Waals surface area (Å²) in [5, 5.41) is 0. The lowest BCUT2D eigenvalue weighted by molar-refractivity contribution is 0.729. The number of hydrogen-bond donors (Lipinski definition) is 0. The van der Waals surface area contributed by atoms with E-state index in [1.807, 2.05) is 0 Å². The molecule has 1 atom stereocenters. The van der Waals surface area contributed by atoms with E-state index in [4.69, 9.17) is 6.42 Å². The Morgan fingerprint density at radius 3 is 2.47 bits per heavy atom. The second kappa shape index (κ2) is 5.03. The van der Waals surface area contributed by atoms with Crippen molar-refractivity contribution in [2.45, 2.75) is 46.5 Å². The van der Waals surface area contributed by atoms with Gasteiger partial charge in [0.25, 0.3) is 0 Å². The van der Waals surface area contributed by atoms with E-state index in [0.29, 0.717) is 0 Å². The van der Waals surface area contributed by atoms with Crippen LogP contribution in [-0.2, 0) is 0 Å². The number of benzene rings is 1. The van der Waals surface area contributed by atoms with Crippen LogP contribution in [0.25, 0.3) is 0 Å². The normalized spacial score (nSPS) is 12.2. The molecule has 80 valence electrons. The van der Waals surface area contributed by atoms with Crippen LogP contribution in [0.1, 0.15) is 47.9 Å². The van der Waals surface area contributed by atoms with Crippen LogP contribution in [-0.4, -0.2) is 0 Å². The Morgan fingerprint density at radius 2 is 1.93 bits per heavy atom. The third kappa shape index (κ3) is 2.63. The van der Waals surface area contributed by atoms with E-state index in [9.17, 15) is 0 Å². The van der Waals surface area contributed by atoms with E-state index in [-0.39, 0.29) is 5.92 Å². The maximum absolute atomic E-state index is 5.61. The number of hydrogen-bond acceptors (Lipinski definition) is 0. The van der Waals surface area contributed by atoms with Crippen LogP contribution >= 0.6 is 0 Å². The summed E-state index contributed by atoms with van der Waals surface area (Å²) in [6, 6.07) is 4.46. The number of aryl methyl sites for hydroxylation is 2. The molecule has 0 radical (unpaired) electrons. The lowest BCUT2D eigenvalue weighted by Crippen LogP contribution is -2.00. The van der Waals surface area contributed by atoms with Crippen molar-refractivity contribution in [3.8, 4) is 12.3 Å². The Hall–Kier alpha value is -1.22. The van der Waals surface area contributed by atoms with Gasteiger partial charge in [-0.15, -0.1) is 6.42 Å². The highest BCUT2D eigenvalue weighted by Crippen LogP contribution is 2.26. The highest BCUT2D eigenvalue weighted by Gasteiger charge is 2.11. The lowest BCUT2D eigenvalue weighted by atomic mass is 9.88. The Morgan fingerprint density at radius 1 is 1.27 bits per heavy atom. The molecule has 1 rings (SSSR count). The Labute approximate surface area is 93.7 Å². The van der Waals surface area contributed by atoms with Gasteiger partial charge in [0.1, 0.15) is 0 Å². The largest absolute Gasteiger partial charge is 0.119 e. The summed E-state index contributed by atoms with van der Waals surface area (Å²) < 4.78 is 0. The molecule has 1 aromatic carbocycles. The van der Waals surface area contributed by atoms with E-state index in [1.54, 1.807) is 0 Å². The van der Waals surface area contributed by atoms with Crippen LogP contribution in [0.3, 0.4) is 0 Å². The zero-order valence-corrected chi connectivity index (χ0v) is 10.2. The van der Waals surface area contributed by atoms with Crippen LogP contribution in [0.4, 0.5) is 0 Å². The first kappa shape index (κ1) is 11.9. The van der Waals surface area contributed by atoms with Gasteiger partial charge in [-0.2, -0.15) is 0 Å². The molecule has 0 saturated heterocycles. The monoisotopic (exact) mass is 200 g/mol. The maximum Gasteiger partial charge on any atom is 0.0452 e. The second-order valence-electron chi connectivity index (χ2n) is 4.30. The van der Waals surface area contributed by atoms with Crippen molar-refractivity contribution in [2.24, 2.45) is 0 Å². The maximum atomic E-state index is 5.61. The number of rotatable bonds is 3. The van der Waals surface area contributed by atoms with Crippen molar-refractivity contribution in [1.29, 1.82) is 0 Å². The molecule has 15 heavy (non-hydrogen) atoms. The Bertz CT molecular complexity index is 380. The summed E-state index contributed by atoms with van der Waals surface area (Å²) in [5.41, 5.74) is 5.36. The third-order valence-electron chi connectivity index (χ3n) is 3.01. The molecule has 0 amide bonds. The molecule has 0 aliphatic carbocycles. The Balaban J connectivity index is 3.18. The van der Waals surface area contributed by atoms with Gasteiger partial charge in [-0.3, -0.25) is 0 Å². The standard InChI is InChI=1S/C15H20/c1-6-8-14(7-2)15-10-11(3)9-12(4)13(15)5/h2,9-10,14H,6,8H2,1,3-5H3. The van der Waals surface area contributed by atoms with Crippen molar-refractivity contribution < 1.29 is 0 Å². The van der Waals surface area contributed by atoms with E-state index in [1.165, 1.54) is 22.3 Å². The minimum atomic E-state index is 0.286. The van der Waals surface area contributed by atoms with Gasteiger partial charge in [-0.05, 0) is 43.9 Å². The van der Waals surface area contributed by atoms with E-state index in [2.05, 4.69) is 45.7 Å². The smallest absolute Gasteiger partial charge is 0.0452 e. The van der Waals surface area contributed by atoms with Gasteiger partial charge in [0, 0.05) is 5.92 Å². The highest BCUT2D eigenvalue weighted by atomic mass is 14.1. The number of terminal acetylenes is 1. The molecule has 1 unspecified atom stereocenters. The fourth-order valence-corrected chi connectivity index (χ4v) is 2.05. The molecule has 0 heteroatoms. The fraction of sp³-hybridized carbons (Fsp3) is 0.467. The predicted molar refractivity (Wildman–Crippen MR) is 67.1 cm³/mol. The average Bonchev–Trinajstić information content (AvgIpc) is 2.20. The van der Waals surface area contributed by atoms with E-state index < -0.39 is 0 Å². The molecule has 0 fully saturated rings. The molecule has 0 aromatic heterocycles. The topological polar surface area (TPSA) is 0 Å². The highest BCUT2D eigenvalue weighted by molar-refractivity contribution is 5.41. The zero-order valence-electron chi connectivity index (χ0n) is 10.2. The van der Waals surface area contributed by atoms with Crippen LogP contribution in [0, 0.1) is 33.1 Å². The Kier molecular flexibility index (Phi) is 3.97. The lowest BCUT2D eigenvalue weighted by Gasteiger charge is -2.16. The van der Waals surface area contributed by atoms with Crippen molar-refractivity contribution in [1.82, 2.24) is 0 Å². The van der Waals surface area contributed by atoms with Gasteiger partial charge in [-0.1, -0.05) is 37.0 Å². The van der Waals surface area contributed by atoms with Crippen LogP contribution < -0.4 is 0 Å². The summed E-state index contributed by atoms with van der Waals surface area (Å²) in [4.78, 5) is 0. The average molecular weight is 200 g/mol. The SMILES string of the molecule is C#CC(CCC)c1cc(C)cc(C)c1C. The van der Waals surface area contributed by atoms with E-state index >= 15 is 0 Å². The van der Waals surface area contributed by atoms with Gasteiger partial charge in [0.2, 0.25) is 0 Å². The van der Waals surface area contributed by atoms with Gasteiger partial charge in [0.05, 0.1) is 0 Å². The first-order chi connectivity index (χ1) is 7.10. The second-order valence-corrected chi connectivity index (χ2v) is 4.30. The van der Waals surface area contributed by atoms with Crippen LogP contribution in [0.2, 0.25) is 0 Å². The van der Waals surface area contributed by atoms with Gasteiger partial charge in [-0.25, -0.2) is 0 Å². The summed E-state index contributed by atoms with van der Waals surface area (Å²) in [6.07, 6.45) is 7.83. The van der Waals surface area contributed by atoms with Crippen LogP contribution in [0.5, 0.6) is 0 Å². The predicted octanol–water partition coefficient (Wildman–Crippen LogP) is 4.13. The summed E-state index contributed by atoms with van der Waals surface area (Å²) in [6.45, 7) is 8.65. The summed E-state index contributed by atoms with van der Waals surface area (Å²) in [5.74, 6) is 3.20. The van der Waals surface area contributed by atoms with Crippen LogP contribution in [0.15, 0.2) is 12.1 Å². The van der Waals surface area contributed by atoms with Crippen molar-refractivity contribution in [2.75, 3.05) is 0 Å². The van der Waals surface area contributed by atoms with Crippen molar-refractivity contribution in [3.63, 3.8) is 0 Å². The van der Waals surface area contributed by atoms with Gasteiger partial charge >= 0.3 is 0 Å². The van der Waals surface area contributed by atoms with Crippen molar-refractivity contribution in [3.05, 3.63) is 34.4 Å². The zero-order chi connectivity index (χ0) is 11.4. The molecule has 0 N–H and O–H groups in total. The summed E-state index contributed by atoms with van der Waals surface area (Å²) in [7, 11) is 0. The molecule has 0 aliphatic heterocycles. The summed E-state index contributed by atoms with van der Waals surface area (Å²) >= 11 is 0. The van der Waals surface area contributed by atoms with Crippen molar-refractivity contribution >= 4 is 0 Å². The third-order valence-corrected chi connectivity index (χ3v) is 3.01. The first-order valence-corrected chi connectivity index (χ1v) is 5.64. The molecule has 0 heterocycles. The van der Waals surface area contributed by atoms with Gasteiger partial charge in [0.15, 0.2) is 0 Å². The van der Waals surface area contributed by atoms with E-state index in [0.717, 1.165) is 12.8 Å². The molecular formula is C15H20.